The van der Waals surface area contributed by atoms with E-state index >= 15 is 0 Å². The van der Waals surface area contributed by atoms with Crippen molar-refractivity contribution < 1.29 is 20.4 Å². The van der Waals surface area contributed by atoms with Gasteiger partial charge >= 0.3 is 50.0 Å². The van der Waals surface area contributed by atoms with Gasteiger partial charge in [0.2, 0.25) is 0 Å². The van der Waals surface area contributed by atoms with Crippen molar-refractivity contribution in [1.82, 2.24) is 0 Å². The molecule has 0 aliphatic carbocycles. The predicted octanol–water partition coefficient (Wildman–Crippen LogP) is 8.51. The average Bonchev–Trinajstić information content (AvgIpc) is 2.80. The number of hydrogen-bond donors (Lipinski definition) is 0. The third-order valence-corrected chi connectivity index (χ3v) is 3.54. The van der Waals surface area contributed by atoms with E-state index in [1.807, 2.05) is 50.0 Å². The second kappa shape index (κ2) is 30.0. The van der Waals surface area contributed by atoms with Crippen molar-refractivity contribution in [2.24, 2.45) is 0 Å². The molecule has 2 aromatic rings. The Kier molecular flexibility index (Phi) is 32.3. The van der Waals surface area contributed by atoms with Gasteiger partial charge in [-0.3, -0.25) is 0 Å². The van der Waals surface area contributed by atoms with Gasteiger partial charge in [-0.2, -0.15) is 42.3 Å². The number of rotatable bonds is 4. The molecule has 0 fully saturated rings. The fraction of sp³-hybridized carbons (Fsp3) is 0.310. The van der Waals surface area contributed by atoms with Crippen LogP contribution in [-0.2, 0) is 20.4 Å². The Balaban J connectivity index is -0.000000496. The molecule has 0 spiro atoms. The van der Waals surface area contributed by atoms with Crippen LogP contribution in [0.25, 0.3) is 28.1 Å². The summed E-state index contributed by atoms with van der Waals surface area (Å²) in [4.78, 5) is 0. The Labute approximate surface area is 216 Å². The molecule has 0 unspecified atom stereocenters. The van der Waals surface area contributed by atoms with Crippen molar-refractivity contribution in [1.29, 1.82) is 0 Å². The molecule has 0 amide bonds. The molecule has 0 bridgehead atoms. The fourth-order valence-electron chi connectivity index (χ4n) is 1.86. The third kappa shape index (κ3) is 30.0. The second-order valence-corrected chi connectivity index (χ2v) is 7.29. The van der Waals surface area contributed by atoms with Gasteiger partial charge in [-0.25, -0.2) is 0 Å². The molecule has 0 aliphatic rings. The zero-order chi connectivity index (χ0) is 25.7. The first-order valence-electron chi connectivity index (χ1n) is 10.8. The number of aryl methyl sites for hydroxylation is 2. The minimum absolute atomic E-state index is 1.23. The molecular weight excluding hydrogens is 438 g/mol. The Hall–Kier alpha value is -2.01. The number of nitrogens with zero attached hydrogens (tertiary/aromatic N) is 3. The van der Waals surface area contributed by atoms with Crippen molar-refractivity contribution in [3.63, 3.8) is 0 Å². The fourth-order valence-corrected chi connectivity index (χ4v) is 2.03. The van der Waals surface area contributed by atoms with Gasteiger partial charge in [0.25, 0.3) is 0 Å². The molecule has 0 heterocycles. The molecule has 2 rings (SSSR count). The summed E-state index contributed by atoms with van der Waals surface area (Å²) in [5, 5.41) is 10.5. The molecule has 0 aliphatic heterocycles. The maximum Gasteiger partial charge on any atom is -0.0256 e. The number of hydrogen-bond acceptors (Lipinski definition) is 0. The molecule has 0 atom stereocenters. The first-order chi connectivity index (χ1) is 15.9. The van der Waals surface area contributed by atoms with Crippen LogP contribution in [0.1, 0.15) is 29.2 Å². The molecule has 4 heteroatoms. The van der Waals surface area contributed by atoms with E-state index in [0.29, 0.717) is 0 Å². The van der Waals surface area contributed by atoms with E-state index in [-0.39, 0.29) is 0 Å². The summed E-state index contributed by atoms with van der Waals surface area (Å²) in [7, 11) is 10.5. The topological polar surface area (TPSA) is 42.3 Å². The first-order valence-corrected chi connectivity index (χ1v) is 11.7. The van der Waals surface area contributed by atoms with Crippen LogP contribution in [0.4, 0.5) is 0 Å². The minimum Gasteiger partial charge on any atom is -0.668 e. The molecule has 0 saturated carbocycles. The van der Waals surface area contributed by atoms with Gasteiger partial charge in [0.1, 0.15) is 0 Å². The maximum absolute atomic E-state index is 3.50. The largest absolute Gasteiger partial charge is 0.668 e. The van der Waals surface area contributed by atoms with E-state index in [1.54, 1.807) is 42.3 Å². The van der Waals surface area contributed by atoms with Gasteiger partial charge in [-0.15, -0.1) is 0 Å². The minimum atomic E-state index is 1.23. The van der Waals surface area contributed by atoms with E-state index in [9.17, 15) is 0 Å². The quantitative estimate of drug-likeness (QED) is 0.310. The summed E-state index contributed by atoms with van der Waals surface area (Å²) < 4.78 is 2.00. The smallest absolute Gasteiger partial charge is 0.0256 e. The molecule has 0 saturated heterocycles. The Morgan fingerprint density at radius 1 is 0.545 bits per heavy atom. The number of allylic oxidation sites excluding steroid dienone is 5. The summed E-state index contributed by atoms with van der Waals surface area (Å²) in [5.74, 6) is 0. The third-order valence-electron chi connectivity index (χ3n) is 3.24. The van der Waals surface area contributed by atoms with Gasteiger partial charge in [0, 0.05) is 0 Å². The van der Waals surface area contributed by atoms with Crippen molar-refractivity contribution >= 4 is 12.2 Å². The summed E-state index contributed by atoms with van der Waals surface area (Å²) in [5.41, 5.74) is 5.05. The summed E-state index contributed by atoms with van der Waals surface area (Å²) in [6.07, 6.45) is 14.4. The van der Waals surface area contributed by atoms with E-state index in [4.69, 9.17) is 0 Å². The average molecular weight is 482 g/mol. The summed E-state index contributed by atoms with van der Waals surface area (Å²) in [6.45, 7) is 6.20. The summed E-state index contributed by atoms with van der Waals surface area (Å²) in [6, 6.07) is 17.0. The van der Waals surface area contributed by atoms with Crippen LogP contribution in [0.5, 0.6) is 0 Å². The molecule has 0 aromatic heterocycles. The van der Waals surface area contributed by atoms with Crippen LogP contribution in [0, 0.1) is 13.8 Å². The molecule has 2 aromatic carbocycles. The van der Waals surface area contributed by atoms with Crippen LogP contribution in [-0.4, -0.2) is 42.3 Å². The van der Waals surface area contributed by atoms with Crippen LogP contribution < -0.4 is 0 Å². The molecule has 33 heavy (non-hydrogen) atoms. The normalized spacial score (nSPS) is 10.0. The molecule has 178 valence electrons. The molecule has 3 nitrogen and oxygen atoms in total. The van der Waals surface area contributed by atoms with Crippen molar-refractivity contribution in [3.05, 3.63) is 121 Å². The Bertz CT molecular complexity index is 675. The standard InChI is InChI=1S/C18H18.C5H7.3C2H6N.Ti/c1-15-7-11-17(12-8-15)5-3-4-6-18-13-9-16(2)10-14-18;1-3-5-4-2;3*1-3-2;/h3-14H,1-2H3;1,3-5H,2H3;3*1-2H3;/q;;3*-1;+3. The number of benzene rings is 2. The van der Waals surface area contributed by atoms with Crippen molar-refractivity contribution in [2.75, 3.05) is 42.3 Å². The second-order valence-electron chi connectivity index (χ2n) is 6.77. The van der Waals surface area contributed by atoms with Crippen LogP contribution in [0.2, 0.25) is 0 Å². The first kappa shape index (κ1) is 35.6. The van der Waals surface area contributed by atoms with Crippen LogP contribution in [0.15, 0.2) is 83.3 Å². The molecule has 0 radical (unpaired) electrons. The molecular formula is C29H43N3Ti. The summed E-state index contributed by atoms with van der Waals surface area (Å²) >= 11 is 2.00. The molecule has 0 N–H and O–H groups in total. The van der Waals surface area contributed by atoms with Crippen LogP contribution in [0.3, 0.4) is 0 Å². The van der Waals surface area contributed by atoms with E-state index in [1.165, 1.54) is 22.3 Å². The van der Waals surface area contributed by atoms with E-state index < -0.39 is 0 Å². The van der Waals surface area contributed by atoms with Crippen molar-refractivity contribution in [3.8, 4) is 0 Å². The SMILES string of the molecule is CC=CC=[CH][Ti+3].C[N-]C.C[N-]C.C[N-]C.Cc1ccc(C=CC=Cc2ccc(C)cc2)cc1. The van der Waals surface area contributed by atoms with Crippen molar-refractivity contribution in [2.45, 2.75) is 20.8 Å². The zero-order valence-corrected chi connectivity index (χ0v) is 23.6. The van der Waals surface area contributed by atoms with Gasteiger partial charge < -0.3 is 16.0 Å². The Morgan fingerprint density at radius 2 is 0.848 bits per heavy atom. The van der Waals surface area contributed by atoms with Crippen LogP contribution >= 0.6 is 0 Å². The van der Waals surface area contributed by atoms with Gasteiger partial charge in [-0.1, -0.05) is 84.0 Å². The van der Waals surface area contributed by atoms with Gasteiger partial charge in [-0.05, 0) is 25.0 Å². The monoisotopic (exact) mass is 481 g/mol. The zero-order valence-electron chi connectivity index (χ0n) is 22.1. The van der Waals surface area contributed by atoms with Gasteiger partial charge in [0.15, 0.2) is 0 Å². The van der Waals surface area contributed by atoms with E-state index in [2.05, 4.69) is 103 Å². The van der Waals surface area contributed by atoms with Gasteiger partial charge in [0.05, 0.1) is 0 Å². The van der Waals surface area contributed by atoms with E-state index in [0.717, 1.165) is 0 Å². The predicted molar refractivity (Wildman–Crippen MR) is 150 cm³/mol. The Morgan fingerprint density at radius 3 is 1.06 bits per heavy atom. The maximum atomic E-state index is 3.50.